The van der Waals surface area contributed by atoms with Crippen LogP contribution < -0.4 is 15.1 Å². The smallest absolute Gasteiger partial charge is 0.134 e. The quantitative estimate of drug-likeness (QED) is 0.849. The first kappa shape index (κ1) is 17.0. The highest BCUT2D eigenvalue weighted by Crippen LogP contribution is 2.21. The predicted octanol–water partition coefficient (Wildman–Crippen LogP) is 0.435. The van der Waals surface area contributed by atoms with Crippen LogP contribution in [0, 0.1) is 5.92 Å². The van der Waals surface area contributed by atoms with Crippen LogP contribution in [-0.2, 0) is 4.74 Å². The van der Waals surface area contributed by atoms with Crippen LogP contribution in [0.1, 0.15) is 12.8 Å². The summed E-state index contributed by atoms with van der Waals surface area (Å²) in [4.78, 5) is 16.3. The fourth-order valence-corrected chi connectivity index (χ4v) is 4.06. The Bertz CT molecular complexity index is 536. The Balaban J connectivity index is 1.31. The van der Waals surface area contributed by atoms with Crippen molar-refractivity contribution in [3.63, 3.8) is 0 Å². The highest BCUT2D eigenvalue weighted by atomic mass is 16.5. The van der Waals surface area contributed by atoms with E-state index < -0.39 is 0 Å². The van der Waals surface area contributed by atoms with Crippen molar-refractivity contribution in [3.05, 3.63) is 12.4 Å². The molecule has 1 aromatic rings. The van der Waals surface area contributed by atoms with E-state index in [9.17, 15) is 0 Å². The van der Waals surface area contributed by atoms with Crippen LogP contribution in [0.15, 0.2) is 12.4 Å². The summed E-state index contributed by atoms with van der Waals surface area (Å²) in [5, 5.41) is 3.46. The zero-order valence-electron chi connectivity index (χ0n) is 15.1. The molecule has 0 saturated carbocycles. The van der Waals surface area contributed by atoms with Gasteiger partial charge in [-0.05, 0) is 31.8 Å². The number of piperazine rings is 1. The average Bonchev–Trinajstić information content (AvgIpc) is 2.70. The number of rotatable bonds is 4. The minimum absolute atomic E-state index is 0.786. The highest BCUT2D eigenvalue weighted by molar-refractivity contribution is 5.50. The third-order valence-electron chi connectivity index (χ3n) is 5.64. The van der Waals surface area contributed by atoms with Gasteiger partial charge in [-0.15, -0.1) is 0 Å². The van der Waals surface area contributed by atoms with Gasteiger partial charge in [0, 0.05) is 51.9 Å². The Labute approximate surface area is 150 Å². The molecule has 4 rings (SSSR count). The van der Waals surface area contributed by atoms with Gasteiger partial charge >= 0.3 is 0 Å². The number of anilines is 2. The normalized spacial score (nSPS) is 23.8. The summed E-state index contributed by atoms with van der Waals surface area (Å²) in [6.07, 6.45) is 4.37. The molecular weight excluding hydrogens is 316 g/mol. The van der Waals surface area contributed by atoms with E-state index in [-0.39, 0.29) is 0 Å². The number of piperidine rings is 1. The van der Waals surface area contributed by atoms with Crippen LogP contribution in [0.4, 0.5) is 11.6 Å². The number of hydrogen-bond donors (Lipinski definition) is 1. The van der Waals surface area contributed by atoms with Crippen LogP contribution in [0.5, 0.6) is 0 Å². The fraction of sp³-hybridized carbons (Fsp3) is 0.778. The van der Waals surface area contributed by atoms with Crippen LogP contribution in [0.3, 0.4) is 0 Å². The Morgan fingerprint density at radius 2 is 1.56 bits per heavy atom. The molecule has 25 heavy (non-hydrogen) atoms. The van der Waals surface area contributed by atoms with E-state index in [2.05, 4.69) is 36.1 Å². The minimum Gasteiger partial charge on any atom is -0.378 e. The summed E-state index contributed by atoms with van der Waals surface area (Å²) in [6.45, 7) is 11.4. The Morgan fingerprint density at radius 3 is 2.24 bits per heavy atom. The molecule has 0 amide bonds. The first-order valence-corrected chi connectivity index (χ1v) is 9.71. The zero-order chi connectivity index (χ0) is 16.9. The largest absolute Gasteiger partial charge is 0.378 e. The van der Waals surface area contributed by atoms with Crippen molar-refractivity contribution in [2.45, 2.75) is 12.8 Å². The van der Waals surface area contributed by atoms with Crippen molar-refractivity contribution >= 4 is 11.6 Å². The Morgan fingerprint density at radius 1 is 0.920 bits per heavy atom. The molecule has 4 heterocycles. The molecule has 1 aromatic heterocycles. The molecule has 0 bridgehead atoms. The number of aromatic nitrogens is 2. The molecule has 0 spiro atoms. The van der Waals surface area contributed by atoms with Gasteiger partial charge in [0.1, 0.15) is 18.0 Å². The van der Waals surface area contributed by atoms with Crippen molar-refractivity contribution in [1.82, 2.24) is 20.2 Å². The number of nitrogens with one attached hydrogen (secondary N) is 1. The van der Waals surface area contributed by atoms with E-state index in [0.29, 0.717) is 0 Å². The van der Waals surface area contributed by atoms with E-state index in [1.807, 2.05) is 0 Å². The van der Waals surface area contributed by atoms with Gasteiger partial charge in [-0.2, -0.15) is 0 Å². The van der Waals surface area contributed by atoms with E-state index >= 15 is 0 Å². The fourth-order valence-electron chi connectivity index (χ4n) is 4.06. The van der Waals surface area contributed by atoms with Crippen molar-refractivity contribution in [2.75, 3.05) is 81.9 Å². The first-order valence-electron chi connectivity index (χ1n) is 9.71. The number of morpholine rings is 1. The van der Waals surface area contributed by atoms with Crippen molar-refractivity contribution in [1.29, 1.82) is 0 Å². The molecule has 7 nitrogen and oxygen atoms in total. The molecule has 0 aromatic carbocycles. The molecule has 3 fully saturated rings. The molecule has 1 N–H and O–H groups in total. The first-order chi connectivity index (χ1) is 12.4. The van der Waals surface area contributed by atoms with E-state index in [1.54, 1.807) is 6.33 Å². The SMILES string of the molecule is c1nc(N2CCOCC2)cc(N2CCN(CC3CCNCC3)CC2)n1. The monoisotopic (exact) mass is 346 g/mol. The average molecular weight is 346 g/mol. The lowest BCUT2D eigenvalue weighted by Gasteiger charge is -2.38. The third-order valence-corrected chi connectivity index (χ3v) is 5.64. The van der Waals surface area contributed by atoms with Gasteiger partial charge in [0.15, 0.2) is 0 Å². The Kier molecular flexibility index (Phi) is 5.64. The van der Waals surface area contributed by atoms with Gasteiger partial charge in [-0.1, -0.05) is 0 Å². The Hall–Kier alpha value is -1.44. The summed E-state index contributed by atoms with van der Waals surface area (Å²) < 4.78 is 5.44. The lowest BCUT2D eigenvalue weighted by molar-refractivity contribution is 0.122. The van der Waals surface area contributed by atoms with Crippen molar-refractivity contribution < 1.29 is 4.74 Å². The maximum absolute atomic E-state index is 5.44. The molecule has 0 aliphatic carbocycles. The van der Waals surface area contributed by atoms with Crippen LogP contribution in [-0.4, -0.2) is 87.0 Å². The van der Waals surface area contributed by atoms with E-state index in [1.165, 1.54) is 32.5 Å². The summed E-state index contributed by atoms with van der Waals surface area (Å²) in [5.74, 6) is 2.98. The topological polar surface area (TPSA) is 56.8 Å². The number of nitrogens with zero attached hydrogens (tertiary/aromatic N) is 5. The van der Waals surface area contributed by atoms with Gasteiger partial charge in [0.2, 0.25) is 0 Å². The minimum atomic E-state index is 0.786. The summed E-state index contributed by atoms with van der Waals surface area (Å²) in [5.41, 5.74) is 0. The maximum atomic E-state index is 5.44. The van der Waals surface area contributed by atoms with Crippen LogP contribution in [0.25, 0.3) is 0 Å². The molecule has 7 heteroatoms. The van der Waals surface area contributed by atoms with Gasteiger partial charge in [0.05, 0.1) is 13.2 Å². The molecule has 0 atom stereocenters. The number of hydrogen-bond acceptors (Lipinski definition) is 7. The second kappa shape index (κ2) is 8.29. The molecular formula is C18H30N6O. The molecule has 3 saturated heterocycles. The highest BCUT2D eigenvalue weighted by Gasteiger charge is 2.23. The zero-order valence-corrected chi connectivity index (χ0v) is 15.1. The molecule has 0 unspecified atom stereocenters. The van der Waals surface area contributed by atoms with Gasteiger partial charge < -0.3 is 19.9 Å². The second-order valence-corrected chi connectivity index (χ2v) is 7.31. The van der Waals surface area contributed by atoms with Crippen molar-refractivity contribution in [3.8, 4) is 0 Å². The maximum Gasteiger partial charge on any atom is 0.134 e. The molecule has 0 radical (unpaired) electrons. The van der Waals surface area contributed by atoms with Crippen LogP contribution >= 0.6 is 0 Å². The summed E-state index contributed by atoms with van der Waals surface area (Å²) in [6, 6.07) is 2.15. The van der Waals surface area contributed by atoms with Gasteiger partial charge in [-0.25, -0.2) is 9.97 Å². The third kappa shape index (κ3) is 4.40. The number of ether oxygens (including phenoxy) is 1. The predicted molar refractivity (Wildman–Crippen MR) is 99.3 cm³/mol. The summed E-state index contributed by atoms with van der Waals surface area (Å²) >= 11 is 0. The van der Waals surface area contributed by atoms with E-state index in [4.69, 9.17) is 4.74 Å². The van der Waals surface area contributed by atoms with Gasteiger partial charge in [0.25, 0.3) is 0 Å². The second-order valence-electron chi connectivity index (χ2n) is 7.31. The lowest BCUT2D eigenvalue weighted by atomic mass is 9.97. The molecule has 3 aliphatic heterocycles. The molecule has 138 valence electrons. The standard InChI is InChI=1S/C18H30N6O/c1-3-19-4-2-16(1)14-22-5-7-23(8-6-22)17-13-18(21-15-20-17)24-9-11-25-12-10-24/h13,15-16,19H,1-12,14H2. The summed E-state index contributed by atoms with van der Waals surface area (Å²) in [7, 11) is 0. The van der Waals surface area contributed by atoms with Gasteiger partial charge in [-0.3, -0.25) is 4.90 Å². The van der Waals surface area contributed by atoms with Crippen molar-refractivity contribution in [2.24, 2.45) is 5.92 Å². The van der Waals surface area contributed by atoms with Crippen LogP contribution in [0.2, 0.25) is 0 Å². The van der Waals surface area contributed by atoms with E-state index in [0.717, 1.165) is 70.0 Å². The lowest BCUT2D eigenvalue weighted by Crippen LogP contribution is -2.49. The molecule has 3 aliphatic rings.